The van der Waals surface area contributed by atoms with Crippen LogP contribution in [0.4, 0.5) is 10.5 Å². The highest BCUT2D eigenvalue weighted by Crippen LogP contribution is 2.32. The summed E-state index contributed by atoms with van der Waals surface area (Å²) in [5.41, 5.74) is 4.82. The van der Waals surface area contributed by atoms with E-state index < -0.39 is 6.09 Å². The van der Waals surface area contributed by atoms with E-state index in [0.29, 0.717) is 11.2 Å². The summed E-state index contributed by atoms with van der Waals surface area (Å²) >= 11 is 1.91. The molecule has 0 radical (unpaired) electrons. The van der Waals surface area contributed by atoms with Crippen LogP contribution in [0.15, 0.2) is 47.4 Å². The van der Waals surface area contributed by atoms with Gasteiger partial charge in [0, 0.05) is 22.4 Å². The van der Waals surface area contributed by atoms with Crippen molar-refractivity contribution in [2.75, 3.05) is 25.5 Å². The van der Waals surface area contributed by atoms with Gasteiger partial charge in [-0.15, -0.1) is 11.8 Å². The lowest BCUT2D eigenvalue weighted by molar-refractivity contribution is 0.187. The fourth-order valence-corrected chi connectivity index (χ4v) is 4.77. The molecule has 156 valence electrons. The summed E-state index contributed by atoms with van der Waals surface area (Å²) in [7, 11) is 1.39. The molecule has 2 aromatic rings. The minimum Gasteiger partial charge on any atom is -0.453 e. The fraction of sp³-hybridized carbons (Fsp3) is 0.458. The minimum absolute atomic E-state index is 0.424. The number of likely N-dealkylation sites (tertiary alicyclic amines) is 1. The zero-order valence-electron chi connectivity index (χ0n) is 17.9. The van der Waals surface area contributed by atoms with Gasteiger partial charge < -0.3 is 4.74 Å². The molecule has 5 heteroatoms. The normalized spacial score (nSPS) is 15.5. The van der Waals surface area contributed by atoms with E-state index in [1.165, 1.54) is 28.7 Å². The van der Waals surface area contributed by atoms with E-state index in [1.807, 2.05) is 17.8 Å². The lowest BCUT2D eigenvalue weighted by Gasteiger charge is -2.33. The van der Waals surface area contributed by atoms with Crippen LogP contribution in [0, 0.1) is 6.92 Å². The van der Waals surface area contributed by atoms with E-state index >= 15 is 0 Å². The molecule has 1 heterocycles. The summed E-state index contributed by atoms with van der Waals surface area (Å²) in [5.74, 6) is 0.537. The monoisotopic (exact) mass is 412 g/mol. The van der Waals surface area contributed by atoms with E-state index in [4.69, 9.17) is 4.74 Å². The van der Waals surface area contributed by atoms with Crippen molar-refractivity contribution in [2.24, 2.45) is 0 Å². The van der Waals surface area contributed by atoms with E-state index in [0.717, 1.165) is 38.2 Å². The van der Waals surface area contributed by atoms with Gasteiger partial charge in [0.2, 0.25) is 0 Å². The molecule has 4 nitrogen and oxygen atoms in total. The molecule has 1 N–H and O–H groups in total. The van der Waals surface area contributed by atoms with Crippen molar-refractivity contribution >= 4 is 23.5 Å². The molecule has 2 aromatic carbocycles. The molecule has 1 amide bonds. The molecule has 1 saturated heterocycles. The number of anilines is 1. The van der Waals surface area contributed by atoms with Crippen molar-refractivity contribution in [1.29, 1.82) is 0 Å². The summed E-state index contributed by atoms with van der Waals surface area (Å²) in [6.07, 6.45) is 1.86. The second kappa shape index (κ2) is 10.2. The molecule has 0 aromatic heterocycles. The van der Waals surface area contributed by atoms with Gasteiger partial charge in [0.05, 0.1) is 7.11 Å². The maximum atomic E-state index is 11.5. The van der Waals surface area contributed by atoms with Gasteiger partial charge in [0.25, 0.3) is 0 Å². The van der Waals surface area contributed by atoms with Crippen LogP contribution in [-0.2, 0) is 11.3 Å². The van der Waals surface area contributed by atoms with E-state index in [2.05, 4.69) is 67.4 Å². The van der Waals surface area contributed by atoms with Crippen LogP contribution < -0.4 is 5.32 Å². The van der Waals surface area contributed by atoms with Gasteiger partial charge in [-0.25, -0.2) is 4.79 Å². The third-order valence-electron chi connectivity index (χ3n) is 5.44. The van der Waals surface area contributed by atoms with Gasteiger partial charge in [-0.05, 0) is 79.7 Å². The molecular formula is C24H32N2O2S. The van der Waals surface area contributed by atoms with Crippen molar-refractivity contribution in [2.45, 2.75) is 56.2 Å². The zero-order valence-corrected chi connectivity index (χ0v) is 18.7. The number of rotatable bonds is 6. The average molecular weight is 413 g/mol. The van der Waals surface area contributed by atoms with Crippen LogP contribution in [0.3, 0.4) is 0 Å². The smallest absolute Gasteiger partial charge is 0.411 e. The fourth-order valence-electron chi connectivity index (χ4n) is 3.93. The number of ether oxygens (including phenoxy) is 1. The second-order valence-electron chi connectivity index (χ2n) is 8.05. The largest absolute Gasteiger partial charge is 0.453 e. The van der Waals surface area contributed by atoms with Gasteiger partial charge in [-0.1, -0.05) is 32.0 Å². The standard InChI is InChI=1S/C24H32N2O2S/c1-17(2)29-22-9-6-19(7-10-22)16-26-13-11-20(12-14-26)23-15-21(8-5-18(23)3)25-24(27)28-4/h5-10,15,17,20H,11-14,16H2,1-4H3,(H,25,27). The maximum Gasteiger partial charge on any atom is 0.411 e. The molecular weight excluding hydrogens is 380 g/mol. The topological polar surface area (TPSA) is 41.6 Å². The number of thioether (sulfide) groups is 1. The molecule has 0 spiro atoms. The first kappa shape index (κ1) is 21.7. The summed E-state index contributed by atoms with van der Waals surface area (Å²) in [4.78, 5) is 15.4. The van der Waals surface area contributed by atoms with Crippen LogP contribution in [0.2, 0.25) is 0 Å². The van der Waals surface area contributed by atoms with Crippen LogP contribution in [0.1, 0.15) is 49.3 Å². The van der Waals surface area contributed by atoms with Crippen molar-refractivity contribution in [3.8, 4) is 0 Å². The molecule has 0 aliphatic carbocycles. The van der Waals surface area contributed by atoms with E-state index in [9.17, 15) is 4.79 Å². The van der Waals surface area contributed by atoms with Gasteiger partial charge in [0.1, 0.15) is 0 Å². The molecule has 0 saturated carbocycles. The number of hydrogen-bond donors (Lipinski definition) is 1. The highest BCUT2D eigenvalue weighted by Gasteiger charge is 2.22. The number of methoxy groups -OCH3 is 1. The number of benzene rings is 2. The number of nitrogens with zero attached hydrogens (tertiary/aromatic N) is 1. The van der Waals surface area contributed by atoms with Gasteiger partial charge in [-0.3, -0.25) is 10.2 Å². The van der Waals surface area contributed by atoms with Gasteiger partial charge in [-0.2, -0.15) is 0 Å². The molecule has 3 rings (SSSR count). The number of carbonyl (C=O) groups is 1. The molecule has 1 aliphatic rings. The Kier molecular flexibility index (Phi) is 7.62. The number of hydrogen-bond acceptors (Lipinski definition) is 4. The predicted octanol–water partition coefficient (Wildman–Crippen LogP) is 6.05. The average Bonchev–Trinajstić information content (AvgIpc) is 2.71. The second-order valence-corrected chi connectivity index (χ2v) is 9.70. The highest BCUT2D eigenvalue weighted by molar-refractivity contribution is 7.99. The van der Waals surface area contributed by atoms with Gasteiger partial charge in [0.15, 0.2) is 0 Å². The third kappa shape index (κ3) is 6.25. The Morgan fingerprint density at radius 2 is 1.86 bits per heavy atom. The lowest BCUT2D eigenvalue weighted by Crippen LogP contribution is -2.32. The first-order chi connectivity index (χ1) is 13.9. The van der Waals surface area contributed by atoms with Crippen molar-refractivity contribution in [3.63, 3.8) is 0 Å². The van der Waals surface area contributed by atoms with Crippen LogP contribution in [0.5, 0.6) is 0 Å². The number of piperidine rings is 1. The van der Waals surface area contributed by atoms with Gasteiger partial charge >= 0.3 is 6.09 Å². The molecule has 1 fully saturated rings. The first-order valence-electron chi connectivity index (χ1n) is 10.4. The molecule has 29 heavy (non-hydrogen) atoms. The minimum atomic E-state index is -0.424. The van der Waals surface area contributed by atoms with Crippen molar-refractivity contribution in [3.05, 3.63) is 59.2 Å². The number of aryl methyl sites for hydroxylation is 1. The molecule has 0 unspecified atom stereocenters. The Labute approximate surface area is 179 Å². The Morgan fingerprint density at radius 3 is 2.48 bits per heavy atom. The van der Waals surface area contributed by atoms with Crippen LogP contribution in [-0.4, -0.2) is 36.4 Å². The molecule has 0 bridgehead atoms. The summed E-state index contributed by atoms with van der Waals surface area (Å²) in [6, 6.07) is 15.2. The molecule has 1 aliphatic heterocycles. The Morgan fingerprint density at radius 1 is 1.17 bits per heavy atom. The van der Waals surface area contributed by atoms with Crippen LogP contribution in [0.25, 0.3) is 0 Å². The predicted molar refractivity (Wildman–Crippen MR) is 122 cm³/mol. The van der Waals surface area contributed by atoms with Crippen LogP contribution >= 0.6 is 11.8 Å². The Balaban J connectivity index is 1.56. The summed E-state index contributed by atoms with van der Waals surface area (Å²) < 4.78 is 4.71. The van der Waals surface area contributed by atoms with E-state index in [1.54, 1.807) is 0 Å². The number of nitrogens with one attached hydrogen (secondary N) is 1. The lowest BCUT2D eigenvalue weighted by atomic mass is 9.86. The SMILES string of the molecule is COC(=O)Nc1ccc(C)c(C2CCN(Cc3ccc(SC(C)C)cc3)CC2)c1. The first-order valence-corrected chi connectivity index (χ1v) is 11.3. The van der Waals surface area contributed by atoms with E-state index in [-0.39, 0.29) is 0 Å². The van der Waals surface area contributed by atoms with Crippen molar-refractivity contribution < 1.29 is 9.53 Å². The number of carbonyl (C=O) groups excluding carboxylic acids is 1. The van der Waals surface area contributed by atoms with Crippen molar-refractivity contribution in [1.82, 2.24) is 4.90 Å². The quantitative estimate of drug-likeness (QED) is 0.586. The third-order valence-corrected chi connectivity index (χ3v) is 6.46. The Hall–Kier alpha value is -1.98. The highest BCUT2D eigenvalue weighted by atomic mass is 32.2. The molecule has 0 atom stereocenters. The number of amides is 1. The summed E-state index contributed by atoms with van der Waals surface area (Å²) in [6.45, 7) is 9.82. The maximum absolute atomic E-state index is 11.5. The Bertz CT molecular complexity index is 812. The zero-order chi connectivity index (χ0) is 20.8. The summed E-state index contributed by atoms with van der Waals surface area (Å²) in [5, 5.41) is 3.40.